The largest absolute Gasteiger partial charge is 0.312 e. The molecule has 0 aliphatic carbocycles. The summed E-state index contributed by atoms with van der Waals surface area (Å²) in [5.74, 6) is 0. The lowest BCUT2D eigenvalue weighted by atomic mass is 10.1. The Morgan fingerprint density at radius 2 is 2.00 bits per heavy atom. The molecule has 0 radical (unpaired) electrons. The van der Waals surface area contributed by atoms with E-state index in [2.05, 4.69) is 54.0 Å². The number of nitrogens with one attached hydrogen (secondary N) is 1. The van der Waals surface area contributed by atoms with Crippen LogP contribution < -0.4 is 5.32 Å². The van der Waals surface area contributed by atoms with E-state index in [1.165, 1.54) is 16.0 Å². The van der Waals surface area contributed by atoms with E-state index >= 15 is 0 Å². The number of hydrogen-bond acceptors (Lipinski definition) is 2. The van der Waals surface area contributed by atoms with E-state index in [-0.39, 0.29) is 0 Å². The average Bonchev–Trinajstić information content (AvgIpc) is 2.79. The molecule has 0 unspecified atom stereocenters. The second kappa shape index (κ2) is 5.83. The van der Waals surface area contributed by atoms with Gasteiger partial charge in [0.05, 0.1) is 0 Å². The van der Waals surface area contributed by atoms with Crippen LogP contribution in [-0.2, 0) is 13.0 Å². The highest BCUT2D eigenvalue weighted by Crippen LogP contribution is 2.09. The van der Waals surface area contributed by atoms with Crippen LogP contribution in [0.25, 0.3) is 0 Å². The maximum absolute atomic E-state index is 3.49. The minimum absolute atomic E-state index is 0.970. The first-order valence-corrected chi connectivity index (χ1v) is 6.52. The average molecular weight is 231 g/mol. The fourth-order valence-corrected chi connectivity index (χ4v) is 2.41. The molecule has 1 aromatic carbocycles. The Bertz CT molecular complexity index is 420. The number of benzene rings is 1. The van der Waals surface area contributed by atoms with Crippen molar-refractivity contribution >= 4 is 11.3 Å². The van der Waals surface area contributed by atoms with Gasteiger partial charge in [-0.1, -0.05) is 30.3 Å². The molecule has 2 heteroatoms. The van der Waals surface area contributed by atoms with Crippen molar-refractivity contribution in [1.29, 1.82) is 0 Å². The van der Waals surface area contributed by atoms with Crippen molar-refractivity contribution in [3.8, 4) is 0 Å². The van der Waals surface area contributed by atoms with Crippen molar-refractivity contribution < 1.29 is 0 Å². The van der Waals surface area contributed by atoms with Gasteiger partial charge in [-0.3, -0.25) is 0 Å². The van der Waals surface area contributed by atoms with Crippen LogP contribution in [0.3, 0.4) is 0 Å². The Balaban J connectivity index is 1.74. The Morgan fingerprint density at radius 3 is 2.75 bits per heavy atom. The van der Waals surface area contributed by atoms with E-state index in [0.29, 0.717) is 0 Å². The van der Waals surface area contributed by atoms with Crippen molar-refractivity contribution in [2.75, 3.05) is 6.54 Å². The van der Waals surface area contributed by atoms with Gasteiger partial charge in [0.1, 0.15) is 0 Å². The fourth-order valence-electron chi connectivity index (χ4n) is 1.70. The molecule has 0 saturated carbocycles. The summed E-state index contributed by atoms with van der Waals surface area (Å²) in [4.78, 5) is 1.46. The lowest BCUT2D eigenvalue weighted by molar-refractivity contribution is 0.688. The van der Waals surface area contributed by atoms with Crippen molar-refractivity contribution in [3.63, 3.8) is 0 Å². The normalized spacial score (nSPS) is 10.6. The minimum atomic E-state index is 0.970. The smallest absolute Gasteiger partial charge is 0.0208 e. The Morgan fingerprint density at radius 1 is 1.12 bits per heavy atom. The molecule has 1 heterocycles. The molecule has 0 atom stereocenters. The van der Waals surface area contributed by atoms with Crippen LogP contribution in [0, 0.1) is 6.92 Å². The quantitative estimate of drug-likeness (QED) is 0.778. The van der Waals surface area contributed by atoms with Gasteiger partial charge in [0.2, 0.25) is 0 Å². The molecule has 0 amide bonds. The topological polar surface area (TPSA) is 12.0 Å². The van der Waals surface area contributed by atoms with E-state index in [1.807, 2.05) is 11.3 Å². The highest BCUT2D eigenvalue weighted by molar-refractivity contribution is 7.09. The number of hydrogen-bond donors (Lipinski definition) is 1. The van der Waals surface area contributed by atoms with Crippen LogP contribution in [0.1, 0.15) is 16.0 Å². The molecule has 0 bridgehead atoms. The van der Waals surface area contributed by atoms with Crippen molar-refractivity contribution in [3.05, 3.63) is 57.8 Å². The van der Waals surface area contributed by atoms with E-state index in [0.717, 1.165) is 19.5 Å². The first kappa shape index (κ1) is 11.4. The molecule has 1 aromatic heterocycles. The van der Waals surface area contributed by atoms with Crippen molar-refractivity contribution in [1.82, 2.24) is 5.32 Å². The Labute approximate surface area is 101 Å². The van der Waals surface area contributed by atoms with Crippen LogP contribution in [-0.4, -0.2) is 6.54 Å². The summed E-state index contributed by atoms with van der Waals surface area (Å²) in [5.41, 5.74) is 2.76. The molecule has 16 heavy (non-hydrogen) atoms. The molecular weight excluding hydrogens is 214 g/mol. The predicted molar refractivity (Wildman–Crippen MR) is 70.9 cm³/mol. The summed E-state index contributed by atoms with van der Waals surface area (Å²) < 4.78 is 0. The fraction of sp³-hybridized carbons (Fsp3) is 0.286. The zero-order chi connectivity index (χ0) is 11.2. The molecule has 0 spiro atoms. The number of rotatable bonds is 5. The van der Waals surface area contributed by atoms with Gasteiger partial charge in [-0.05, 0) is 35.9 Å². The Kier molecular flexibility index (Phi) is 4.14. The third-order valence-corrected chi connectivity index (χ3v) is 3.64. The van der Waals surface area contributed by atoms with E-state index in [1.54, 1.807) is 0 Å². The summed E-state index contributed by atoms with van der Waals surface area (Å²) in [7, 11) is 0. The second-order valence-corrected chi connectivity index (χ2v) is 4.96. The standard InChI is InChI=1S/C14H17NS/c1-12-5-2-3-6-13(12)11-15-9-8-14-7-4-10-16-14/h2-7,10,15H,8-9,11H2,1H3. The zero-order valence-electron chi connectivity index (χ0n) is 9.57. The van der Waals surface area contributed by atoms with Gasteiger partial charge < -0.3 is 5.32 Å². The SMILES string of the molecule is Cc1ccccc1CNCCc1cccs1. The van der Waals surface area contributed by atoms with Gasteiger partial charge in [-0.25, -0.2) is 0 Å². The van der Waals surface area contributed by atoms with Crippen LogP contribution in [0.4, 0.5) is 0 Å². The molecule has 2 aromatic rings. The van der Waals surface area contributed by atoms with Gasteiger partial charge in [-0.2, -0.15) is 0 Å². The first-order valence-electron chi connectivity index (χ1n) is 5.64. The van der Waals surface area contributed by atoms with E-state index in [9.17, 15) is 0 Å². The van der Waals surface area contributed by atoms with Crippen LogP contribution in [0.2, 0.25) is 0 Å². The predicted octanol–water partition coefficient (Wildman–Crippen LogP) is 3.39. The Hall–Kier alpha value is -1.12. The second-order valence-electron chi connectivity index (χ2n) is 3.93. The van der Waals surface area contributed by atoms with Gasteiger partial charge in [-0.15, -0.1) is 11.3 Å². The lowest BCUT2D eigenvalue weighted by Gasteiger charge is -2.06. The van der Waals surface area contributed by atoms with E-state index < -0.39 is 0 Å². The highest BCUT2D eigenvalue weighted by Gasteiger charge is 1.97. The van der Waals surface area contributed by atoms with Crippen LogP contribution in [0.15, 0.2) is 41.8 Å². The molecule has 0 saturated heterocycles. The summed E-state index contributed by atoms with van der Waals surface area (Å²) in [5, 5.41) is 5.62. The van der Waals surface area contributed by atoms with Crippen LogP contribution >= 0.6 is 11.3 Å². The maximum Gasteiger partial charge on any atom is 0.0208 e. The third-order valence-electron chi connectivity index (χ3n) is 2.70. The van der Waals surface area contributed by atoms with Crippen molar-refractivity contribution in [2.45, 2.75) is 19.9 Å². The van der Waals surface area contributed by atoms with Gasteiger partial charge >= 0.3 is 0 Å². The summed E-state index contributed by atoms with van der Waals surface area (Å²) >= 11 is 1.83. The molecule has 0 aliphatic heterocycles. The molecule has 0 fully saturated rings. The van der Waals surface area contributed by atoms with Crippen molar-refractivity contribution in [2.24, 2.45) is 0 Å². The summed E-state index contributed by atoms with van der Waals surface area (Å²) in [6.45, 7) is 4.18. The molecule has 2 rings (SSSR count). The number of aryl methyl sites for hydroxylation is 1. The van der Waals surface area contributed by atoms with Crippen LogP contribution in [0.5, 0.6) is 0 Å². The molecule has 84 valence electrons. The summed E-state index contributed by atoms with van der Waals surface area (Å²) in [6.07, 6.45) is 1.13. The lowest BCUT2D eigenvalue weighted by Crippen LogP contribution is -2.16. The van der Waals surface area contributed by atoms with Gasteiger partial charge in [0.15, 0.2) is 0 Å². The van der Waals surface area contributed by atoms with E-state index in [4.69, 9.17) is 0 Å². The maximum atomic E-state index is 3.49. The zero-order valence-corrected chi connectivity index (χ0v) is 10.4. The third kappa shape index (κ3) is 3.19. The minimum Gasteiger partial charge on any atom is -0.312 e. The molecule has 1 N–H and O–H groups in total. The van der Waals surface area contributed by atoms with Gasteiger partial charge in [0, 0.05) is 18.0 Å². The molecule has 1 nitrogen and oxygen atoms in total. The summed E-state index contributed by atoms with van der Waals surface area (Å²) in [6, 6.07) is 12.8. The first-order chi connectivity index (χ1) is 7.86. The highest BCUT2D eigenvalue weighted by atomic mass is 32.1. The monoisotopic (exact) mass is 231 g/mol. The number of thiophene rings is 1. The molecule has 0 aliphatic rings. The van der Waals surface area contributed by atoms with Gasteiger partial charge in [0.25, 0.3) is 0 Å². The molecular formula is C14H17NS.